The molecule has 0 saturated carbocycles. The van der Waals surface area contributed by atoms with Crippen LogP contribution in [-0.4, -0.2) is 4.41 Å². The van der Waals surface area contributed by atoms with Crippen molar-refractivity contribution in [3.05, 3.63) is 45.2 Å². The predicted molar refractivity (Wildman–Crippen MR) is 67.7 cm³/mol. The Labute approximate surface area is 98.7 Å². The lowest BCUT2D eigenvalue weighted by molar-refractivity contribution is 0.410. The van der Waals surface area contributed by atoms with E-state index in [0.717, 1.165) is 15.8 Å². The first-order valence-corrected chi connectivity index (χ1v) is 5.81. The topological polar surface area (TPSA) is 15.3 Å². The molecule has 1 N–H and O–H groups in total. The van der Waals surface area contributed by atoms with E-state index in [1.54, 1.807) is 11.9 Å². The number of hydrogen-bond acceptors (Lipinski definition) is 5. The molecule has 1 heterocycles. The molecule has 2 rings (SSSR count). The summed E-state index contributed by atoms with van der Waals surface area (Å²) < 4.78 is 2.91. The van der Waals surface area contributed by atoms with Crippen molar-refractivity contribution >= 4 is 37.2 Å². The zero-order chi connectivity index (χ0) is 9.97. The highest BCUT2D eigenvalue weighted by molar-refractivity contribution is 8.15. The van der Waals surface area contributed by atoms with Gasteiger partial charge in [-0.15, -0.1) is 25.3 Å². The Morgan fingerprint density at radius 2 is 1.93 bits per heavy atom. The Bertz CT molecular complexity index is 336. The van der Waals surface area contributed by atoms with Crippen molar-refractivity contribution in [2.45, 2.75) is 6.54 Å². The van der Waals surface area contributed by atoms with Gasteiger partial charge in [0.15, 0.2) is 0 Å². The number of nitrogens with zero attached hydrogens (tertiary/aromatic N) is 1. The summed E-state index contributed by atoms with van der Waals surface area (Å²) in [5, 5.41) is 0.814. The van der Waals surface area contributed by atoms with Gasteiger partial charge >= 0.3 is 0 Å². The van der Waals surface area contributed by atoms with Gasteiger partial charge in [-0.2, -0.15) is 4.41 Å². The highest BCUT2D eigenvalue weighted by Crippen LogP contribution is 2.34. The molecule has 14 heavy (non-hydrogen) atoms. The van der Waals surface area contributed by atoms with Gasteiger partial charge < -0.3 is 5.43 Å². The van der Waals surface area contributed by atoms with Crippen molar-refractivity contribution in [3.63, 3.8) is 0 Å². The molecule has 0 spiro atoms. The molecule has 0 aromatic heterocycles. The summed E-state index contributed by atoms with van der Waals surface area (Å²) in [6, 6.07) is 10.3. The second kappa shape index (κ2) is 4.53. The molecule has 0 bridgehead atoms. The van der Waals surface area contributed by atoms with Crippen LogP contribution in [0.3, 0.4) is 0 Å². The summed E-state index contributed by atoms with van der Waals surface area (Å²) in [6.45, 7) is 0.833. The predicted octanol–water partition coefficient (Wildman–Crippen LogP) is 2.64. The first-order chi connectivity index (χ1) is 6.75. The highest BCUT2D eigenvalue weighted by Gasteiger charge is 2.17. The molecule has 0 radical (unpaired) electrons. The maximum atomic E-state index is 4.28. The summed E-state index contributed by atoms with van der Waals surface area (Å²) in [5.41, 5.74) is 4.38. The number of rotatable bonds is 2. The fourth-order valence-corrected chi connectivity index (χ4v) is 2.51. The normalized spacial score (nSPS) is 17.3. The molecule has 74 valence electrons. The van der Waals surface area contributed by atoms with Gasteiger partial charge in [0.1, 0.15) is 5.03 Å². The average molecular weight is 242 g/mol. The molecule has 0 unspecified atom stereocenters. The van der Waals surface area contributed by atoms with Crippen LogP contribution in [0.1, 0.15) is 5.56 Å². The van der Waals surface area contributed by atoms with Gasteiger partial charge in [-0.3, -0.25) is 0 Å². The van der Waals surface area contributed by atoms with Crippen LogP contribution in [0, 0.1) is 0 Å². The van der Waals surface area contributed by atoms with E-state index in [9.17, 15) is 0 Å². The van der Waals surface area contributed by atoms with Gasteiger partial charge in [0, 0.05) is 0 Å². The monoisotopic (exact) mass is 242 g/mol. The Kier molecular flexibility index (Phi) is 3.33. The Balaban J connectivity index is 1.96. The maximum absolute atomic E-state index is 4.28. The third-order valence-electron chi connectivity index (χ3n) is 1.80. The zero-order valence-corrected chi connectivity index (χ0v) is 9.95. The second-order valence-corrected chi connectivity index (χ2v) is 5.11. The molecule has 5 heteroatoms. The lowest BCUT2D eigenvalue weighted by Crippen LogP contribution is -2.24. The molecule has 0 saturated heterocycles. The largest absolute Gasteiger partial charge is 0.302 e. The first kappa shape index (κ1) is 10.3. The third kappa shape index (κ3) is 2.42. The number of hydrogen-bond donors (Lipinski definition) is 3. The Morgan fingerprint density at radius 1 is 1.21 bits per heavy atom. The van der Waals surface area contributed by atoms with Crippen LogP contribution in [0.15, 0.2) is 39.6 Å². The molecular formula is C9H10N2S3. The van der Waals surface area contributed by atoms with Crippen LogP contribution in [0.4, 0.5) is 0 Å². The van der Waals surface area contributed by atoms with E-state index in [-0.39, 0.29) is 0 Å². The second-order valence-electron chi connectivity index (χ2n) is 2.88. The van der Waals surface area contributed by atoms with E-state index >= 15 is 0 Å². The van der Waals surface area contributed by atoms with Crippen LogP contribution in [-0.2, 0) is 6.54 Å². The Morgan fingerprint density at radius 3 is 2.50 bits per heavy atom. The van der Waals surface area contributed by atoms with Crippen LogP contribution >= 0.6 is 37.2 Å². The molecule has 0 amide bonds. The summed E-state index contributed by atoms with van der Waals surface area (Å²) in [7, 11) is 0. The maximum Gasteiger partial charge on any atom is 0.102 e. The van der Waals surface area contributed by atoms with Crippen LogP contribution < -0.4 is 5.43 Å². The quantitative estimate of drug-likeness (QED) is 0.546. The molecule has 0 atom stereocenters. The highest BCUT2D eigenvalue weighted by atomic mass is 32.2. The van der Waals surface area contributed by atoms with Crippen molar-refractivity contribution in [2.24, 2.45) is 0 Å². The standard InChI is InChI=1S/C9H10N2S3/c12-8-9(13)14-11(10-8)6-7-4-2-1-3-5-7/h1-5,10,12-13H,6H2. The molecule has 0 fully saturated rings. The zero-order valence-electron chi connectivity index (χ0n) is 7.34. The number of hydrazine groups is 1. The Hall–Kier alpha value is -0.230. The van der Waals surface area contributed by atoms with Crippen molar-refractivity contribution in [1.29, 1.82) is 0 Å². The number of thiol groups is 2. The van der Waals surface area contributed by atoms with Gasteiger partial charge in [0.05, 0.1) is 10.8 Å². The van der Waals surface area contributed by atoms with E-state index in [4.69, 9.17) is 0 Å². The molecular weight excluding hydrogens is 232 g/mol. The minimum absolute atomic E-state index is 0.814. The summed E-state index contributed by atoms with van der Waals surface area (Å²) in [5.74, 6) is 0. The van der Waals surface area contributed by atoms with Gasteiger partial charge in [-0.1, -0.05) is 30.3 Å². The number of nitrogens with one attached hydrogen (secondary N) is 1. The first-order valence-electron chi connectivity index (χ1n) is 4.14. The van der Waals surface area contributed by atoms with E-state index in [1.165, 1.54) is 5.56 Å². The van der Waals surface area contributed by atoms with E-state index < -0.39 is 0 Å². The molecule has 1 aliphatic rings. The minimum Gasteiger partial charge on any atom is -0.302 e. The molecule has 1 aromatic rings. The van der Waals surface area contributed by atoms with Gasteiger partial charge in [0.2, 0.25) is 0 Å². The summed E-state index contributed by atoms with van der Waals surface area (Å²) in [6.07, 6.45) is 0. The smallest absolute Gasteiger partial charge is 0.102 e. The summed E-state index contributed by atoms with van der Waals surface area (Å²) >= 11 is 10.1. The van der Waals surface area contributed by atoms with E-state index in [1.807, 2.05) is 22.6 Å². The average Bonchev–Trinajstić information content (AvgIpc) is 2.47. The van der Waals surface area contributed by atoms with Crippen molar-refractivity contribution in [1.82, 2.24) is 9.84 Å². The van der Waals surface area contributed by atoms with Crippen molar-refractivity contribution in [3.8, 4) is 0 Å². The SMILES string of the molecule is SC1=C(S)SN(Cc2ccccc2)N1. The summed E-state index contributed by atoms with van der Waals surface area (Å²) in [4.78, 5) is 0. The van der Waals surface area contributed by atoms with Gasteiger partial charge in [-0.25, -0.2) is 0 Å². The molecule has 1 aliphatic heterocycles. The fourth-order valence-electron chi connectivity index (χ4n) is 1.16. The van der Waals surface area contributed by atoms with E-state index in [0.29, 0.717) is 0 Å². The van der Waals surface area contributed by atoms with Gasteiger partial charge in [0.25, 0.3) is 0 Å². The third-order valence-corrected chi connectivity index (χ3v) is 3.74. The van der Waals surface area contributed by atoms with Crippen molar-refractivity contribution < 1.29 is 0 Å². The lowest BCUT2D eigenvalue weighted by Gasteiger charge is -2.14. The number of benzene rings is 1. The van der Waals surface area contributed by atoms with Crippen molar-refractivity contribution in [2.75, 3.05) is 0 Å². The molecule has 0 aliphatic carbocycles. The van der Waals surface area contributed by atoms with Crippen LogP contribution in [0.5, 0.6) is 0 Å². The molecule has 1 aromatic carbocycles. The minimum atomic E-state index is 0.814. The fraction of sp³-hybridized carbons (Fsp3) is 0.111. The van der Waals surface area contributed by atoms with E-state index in [2.05, 4.69) is 42.8 Å². The van der Waals surface area contributed by atoms with Gasteiger partial charge in [-0.05, 0) is 17.5 Å². The van der Waals surface area contributed by atoms with Crippen LogP contribution in [0.2, 0.25) is 0 Å². The lowest BCUT2D eigenvalue weighted by atomic mass is 10.2. The molecule has 2 nitrogen and oxygen atoms in total. The van der Waals surface area contributed by atoms with Crippen LogP contribution in [0.25, 0.3) is 0 Å².